The number of H-pyrrole nitrogens is 1. The van der Waals surface area contributed by atoms with E-state index in [2.05, 4.69) is 22.9 Å². The summed E-state index contributed by atoms with van der Waals surface area (Å²) in [6.45, 7) is 8.48. The fourth-order valence-corrected chi connectivity index (χ4v) is 3.28. The second-order valence-corrected chi connectivity index (χ2v) is 6.89. The molecule has 27 heavy (non-hydrogen) atoms. The molecule has 0 spiro atoms. The summed E-state index contributed by atoms with van der Waals surface area (Å²) in [5, 5.41) is 3.41. The van der Waals surface area contributed by atoms with Gasteiger partial charge in [-0.3, -0.25) is 14.2 Å². The summed E-state index contributed by atoms with van der Waals surface area (Å²) in [5.41, 5.74) is 4.22. The second kappa shape index (κ2) is 7.72. The van der Waals surface area contributed by atoms with E-state index >= 15 is 0 Å². The molecule has 0 aliphatic heterocycles. The lowest BCUT2D eigenvalue weighted by Crippen LogP contribution is -2.24. The predicted octanol–water partition coefficient (Wildman–Crippen LogP) is 3.79. The Balaban J connectivity index is 1.87. The van der Waals surface area contributed by atoms with Crippen LogP contribution in [0.2, 0.25) is 0 Å². The molecule has 5 nitrogen and oxygen atoms in total. The average Bonchev–Trinajstić information content (AvgIpc) is 2.63. The topological polar surface area (TPSA) is 66.9 Å². The van der Waals surface area contributed by atoms with Crippen LogP contribution in [0.3, 0.4) is 0 Å². The third-order valence-electron chi connectivity index (χ3n) is 4.49. The standard InChI is InChI=1S/C21H21N3O2S/c1-4-9-24-20(26)17-8-7-15(11-18(17)23-21(24)27)19(25)22-12-16-6-5-13(2)10-14(16)3/h4-8,10-11H,1,9,12H2,2-3H3,(H,22,25)(H,23,27). The van der Waals surface area contributed by atoms with Gasteiger partial charge in [-0.2, -0.15) is 0 Å². The van der Waals surface area contributed by atoms with E-state index in [1.165, 1.54) is 10.1 Å². The van der Waals surface area contributed by atoms with Crippen LogP contribution in [0.1, 0.15) is 27.0 Å². The van der Waals surface area contributed by atoms with E-state index < -0.39 is 0 Å². The minimum Gasteiger partial charge on any atom is -0.348 e. The van der Waals surface area contributed by atoms with E-state index in [0.29, 0.717) is 34.3 Å². The zero-order valence-corrected chi connectivity index (χ0v) is 16.2. The van der Waals surface area contributed by atoms with Gasteiger partial charge in [0, 0.05) is 18.7 Å². The molecule has 3 rings (SSSR count). The highest BCUT2D eigenvalue weighted by atomic mass is 32.1. The third-order valence-corrected chi connectivity index (χ3v) is 4.82. The number of benzene rings is 2. The van der Waals surface area contributed by atoms with E-state index in [0.717, 1.165) is 11.1 Å². The molecule has 3 aromatic rings. The Morgan fingerprint density at radius 1 is 1.26 bits per heavy atom. The van der Waals surface area contributed by atoms with Crippen molar-refractivity contribution in [3.8, 4) is 0 Å². The molecule has 6 heteroatoms. The number of aromatic amines is 1. The highest BCUT2D eigenvalue weighted by Crippen LogP contribution is 2.13. The number of nitrogens with zero attached hydrogens (tertiary/aromatic N) is 1. The summed E-state index contributed by atoms with van der Waals surface area (Å²) < 4.78 is 1.74. The molecule has 0 aliphatic rings. The number of fused-ring (bicyclic) bond motifs is 1. The van der Waals surface area contributed by atoms with Crippen molar-refractivity contribution in [3.05, 3.63) is 86.4 Å². The largest absolute Gasteiger partial charge is 0.348 e. The normalized spacial score (nSPS) is 10.7. The summed E-state index contributed by atoms with van der Waals surface area (Å²) >= 11 is 5.24. The van der Waals surface area contributed by atoms with Gasteiger partial charge in [-0.1, -0.05) is 29.8 Å². The smallest absolute Gasteiger partial charge is 0.262 e. The van der Waals surface area contributed by atoms with Crippen molar-refractivity contribution < 1.29 is 4.79 Å². The van der Waals surface area contributed by atoms with E-state index in [4.69, 9.17) is 12.2 Å². The number of rotatable bonds is 5. The SMILES string of the molecule is C=CCn1c(=S)[nH]c2cc(C(=O)NCc3ccc(C)cc3C)ccc2c1=O. The van der Waals surface area contributed by atoms with Crippen LogP contribution < -0.4 is 10.9 Å². The van der Waals surface area contributed by atoms with Gasteiger partial charge in [0.1, 0.15) is 0 Å². The minimum atomic E-state index is -0.202. The molecule has 2 N–H and O–H groups in total. The number of carbonyl (C=O) groups is 1. The summed E-state index contributed by atoms with van der Waals surface area (Å²) in [4.78, 5) is 28.1. The predicted molar refractivity (Wildman–Crippen MR) is 111 cm³/mol. The molecule has 1 amide bonds. The van der Waals surface area contributed by atoms with E-state index in [9.17, 15) is 9.59 Å². The number of carbonyl (C=O) groups excluding carboxylic acids is 1. The van der Waals surface area contributed by atoms with Gasteiger partial charge in [-0.05, 0) is 55.4 Å². The molecular formula is C21H21N3O2S. The number of hydrogen-bond acceptors (Lipinski definition) is 3. The first-order valence-electron chi connectivity index (χ1n) is 8.63. The summed E-state index contributed by atoms with van der Waals surface area (Å²) in [5.74, 6) is -0.202. The van der Waals surface area contributed by atoms with Crippen LogP contribution in [-0.2, 0) is 13.1 Å². The number of amides is 1. The Morgan fingerprint density at radius 3 is 2.74 bits per heavy atom. The quantitative estimate of drug-likeness (QED) is 0.523. The maximum Gasteiger partial charge on any atom is 0.262 e. The van der Waals surface area contributed by atoms with E-state index in [1.807, 2.05) is 26.0 Å². The Bertz CT molecular complexity index is 1160. The van der Waals surface area contributed by atoms with Gasteiger partial charge in [-0.15, -0.1) is 6.58 Å². The molecule has 2 aromatic carbocycles. The van der Waals surface area contributed by atoms with Gasteiger partial charge < -0.3 is 10.3 Å². The number of hydrogen-bond donors (Lipinski definition) is 2. The molecule has 0 atom stereocenters. The van der Waals surface area contributed by atoms with E-state index in [-0.39, 0.29) is 11.5 Å². The molecule has 0 unspecified atom stereocenters. The molecule has 0 saturated heterocycles. The number of allylic oxidation sites excluding steroid dienone is 1. The molecule has 138 valence electrons. The first-order chi connectivity index (χ1) is 12.9. The van der Waals surface area contributed by atoms with Crippen molar-refractivity contribution in [1.82, 2.24) is 14.9 Å². The fourth-order valence-electron chi connectivity index (χ4n) is 3.01. The monoisotopic (exact) mass is 379 g/mol. The van der Waals surface area contributed by atoms with Crippen LogP contribution in [-0.4, -0.2) is 15.5 Å². The number of aryl methyl sites for hydroxylation is 2. The zero-order chi connectivity index (χ0) is 19.6. The third kappa shape index (κ3) is 3.90. The second-order valence-electron chi connectivity index (χ2n) is 6.51. The van der Waals surface area contributed by atoms with Crippen LogP contribution in [0.15, 0.2) is 53.8 Å². The maximum atomic E-state index is 12.5. The van der Waals surface area contributed by atoms with Gasteiger partial charge in [-0.25, -0.2) is 0 Å². The van der Waals surface area contributed by atoms with Crippen molar-refractivity contribution in [2.24, 2.45) is 0 Å². The van der Waals surface area contributed by atoms with Crippen LogP contribution in [0.5, 0.6) is 0 Å². The lowest BCUT2D eigenvalue weighted by molar-refractivity contribution is 0.0951. The highest BCUT2D eigenvalue weighted by Gasteiger charge is 2.10. The molecule has 1 heterocycles. The molecule has 0 saturated carbocycles. The molecule has 0 aliphatic carbocycles. The van der Waals surface area contributed by atoms with Gasteiger partial charge >= 0.3 is 0 Å². The van der Waals surface area contributed by atoms with Crippen molar-refractivity contribution in [2.45, 2.75) is 26.9 Å². The van der Waals surface area contributed by atoms with Gasteiger partial charge in [0.15, 0.2) is 4.77 Å². The van der Waals surface area contributed by atoms with Gasteiger partial charge in [0.2, 0.25) is 0 Å². The molecule has 0 fully saturated rings. The first kappa shape index (κ1) is 18.8. The van der Waals surface area contributed by atoms with Crippen LogP contribution in [0.4, 0.5) is 0 Å². The van der Waals surface area contributed by atoms with Crippen LogP contribution in [0, 0.1) is 18.6 Å². The van der Waals surface area contributed by atoms with Gasteiger partial charge in [0.25, 0.3) is 11.5 Å². The lowest BCUT2D eigenvalue weighted by atomic mass is 10.1. The van der Waals surface area contributed by atoms with Crippen molar-refractivity contribution in [2.75, 3.05) is 0 Å². The molecular weight excluding hydrogens is 358 g/mol. The maximum absolute atomic E-state index is 12.5. The van der Waals surface area contributed by atoms with Gasteiger partial charge in [0.05, 0.1) is 10.9 Å². The molecule has 0 radical (unpaired) electrons. The fraction of sp³-hybridized carbons (Fsp3) is 0.190. The zero-order valence-electron chi connectivity index (χ0n) is 15.3. The lowest BCUT2D eigenvalue weighted by Gasteiger charge is -2.10. The number of aromatic nitrogens is 2. The molecule has 0 bridgehead atoms. The summed E-state index contributed by atoms with van der Waals surface area (Å²) in [6.07, 6.45) is 1.62. The Labute approximate surface area is 162 Å². The average molecular weight is 379 g/mol. The Morgan fingerprint density at radius 2 is 2.04 bits per heavy atom. The van der Waals surface area contributed by atoms with Crippen molar-refractivity contribution in [3.63, 3.8) is 0 Å². The number of nitrogens with one attached hydrogen (secondary N) is 2. The first-order valence-corrected chi connectivity index (χ1v) is 9.03. The minimum absolute atomic E-state index is 0.198. The van der Waals surface area contributed by atoms with Crippen LogP contribution in [0.25, 0.3) is 10.9 Å². The highest BCUT2D eigenvalue weighted by molar-refractivity contribution is 7.71. The molecule has 1 aromatic heterocycles. The Hall–Kier alpha value is -2.99. The van der Waals surface area contributed by atoms with Crippen LogP contribution >= 0.6 is 12.2 Å². The van der Waals surface area contributed by atoms with E-state index in [1.54, 1.807) is 24.3 Å². The summed E-state index contributed by atoms with van der Waals surface area (Å²) in [7, 11) is 0. The van der Waals surface area contributed by atoms with Crippen molar-refractivity contribution >= 4 is 29.0 Å². The van der Waals surface area contributed by atoms with Crippen molar-refractivity contribution in [1.29, 1.82) is 0 Å². The Kier molecular flexibility index (Phi) is 5.37. The summed E-state index contributed by atoms with van der Waals surface area (Å²) in [6, 6.07) is 11.1.